The van der Waals surface area contributed by atoms with Crippen molar-refractivity contribution in [3.8, 4) is 9.88 Å². The van der Waals surface area contributed by atoms with Crippen molar-refractivity contribution in [2.24, 2.45) is 0 Å². The topological polar surface area (TPSA) is 50.2 Å². The number of thiazole rings is 1. The molecule has 3 nitrogen and oxygen atoms in total. The molecule has 0 radical (unpaired) electrons. The Morgan fingerprint density at radius 2 is 2.25 bits per heavy atom. The molecule has 0 atom stereocenters. The summed E-state index contributed by atoms with van der Waals surface area (Å²) >= 11 is 8.44. The zero-order chi connectivity index (χ0) is 11.7. The van der Waals surface area contributed by atoms with Gasteiger partial charge in [-0.05, 0) is 18.6 Å². The molecule has 0 bridgehead atoms. The van der Waals surface area contributed by atoms with Crippen LogP contribution in [0, 0.1) is 0 Å². The maximum atomic E-state index is 11.0. The first-order chi connectivity index (χ1) is 7.61. The molecule has 0 aliphatic rings. The minimum atomic E-state index is -0.914. The molecule has 2 aromatic heterocycles. The molecule has 0 saturated carbocycles. The van der Waals surface area contributed by atoms with Gasteiger partial charge in [-0.3, -0.25) is 0 Å². The average molecular weight is 274 g/mol. The lowest BCUT2D eigenvalue weighted by Crippen LogP contribution is -1.97. The minimum absolute atomic E-state index is 0.321. The number of carbonyl (C=O) groups is 1. The lowest BCUT2D eigenvalue weighted by molar-refractivity contribution is 0.0701. The summed E-state index contributed by atoms with van der Waals surface area (Å²) in [6.45, 7) is 1.90. The Morgan fingerprint density at radius 3 is 2.69 bits per heavy atom. The van der Waals surface area contributed by atoms with Crippen molar-refractivity contribution >= 4 is 40.2 Å². The number of aryl methyl sites for hydroxylation is 1. The molecule has 0 aliphatic carbocycles. The summed E-state index contributed by atoms with van der Waals surface area (Å²) in [5, 5.41) is 9.74. The van der Waals surface area contributed by atoms with Gasteiger partial charge in [0.05, 0.1) is 14.9 Å². The first-order valence-corrected chi connectivity index (χ1v) is 6.61. The number of hydrogen-bond acceptors (Lipinski definition) is 4. The van der Waals surface area contributed by atoms with E-state index >= 15 is 0 Å². The van der Waals surface area contributed by atoms with Gasteiger partial charge in [0.25, 0.3) is 0 Å². The van der Waals surface area contributed by atoms with Gasteiger partial charge >= 0.3 is 5.97 Å². The summed E-state index contributed by atoms with van der Waals surface area (Å²) in [5.74, 6) is -0.914. The van der Waals surface area contributed by atoms with E-state index in [1.807, 2.05) is 13.0 Å². The van der Waals surface area contributed by atoms with Crippen molar-refractivity contribution in [2.45, 2.75) is 13.3 Å². The van der Waals surface area contributed by atoms with Crippen molar-refractivity contribution in [1.82, 2.24) is 4.98 Å². The molecule has 2 heterocycles. The average Bonchev–Trinajstić information content (AvgIpc) is 2.82. The number of aromatic carboxylic acids is 1. The fourth-order valence-electron chi connectivity index (χ4n) is 1.29. The van der Waals surface area contributed by atoms with E-state index in [9.17, 15) is 4.79 Å². The molecule has 0 unspecified atom stereocenters. The van der Waals surface area contributed by atoms with Crippen molar-refractivity contribution in [2.75, 3.05) is 0 Å². The van der Waals surface area contributed by atoms with Gasteiger partial charge in [0.15, 0.2) is 0 Å². The second-order valence-corrected chi connectivity index (χ2v) is 5.77. The summed E-state index contributed by atoms with van der Waals surface area (Å²) in [6.07, 6.45) is 0.622. The quantitative estimate of drug-likeness (QED) is 0.926. The van der Waals surface area contributed by atoms with E-state index in [0.717, 1.165) is 9.88 Å². The second-order valence-electron chi connectivity index (χ2n) is 3.06. The van der Waals surface area contributed by atoms with Crippen molar-refractivity contribution in [1.29, 1.82) is 0 Å². The molecule has 1 N–H and O–H groups in total. The molecule has 0 fully saturated rings. The van der Waals surface area contributed by atoms with Gasteiger partial charge < -0.3 is 5.11 Å². The van der Waals surface area contributed by atoms with Gasteiger partial charge in [0.2, 0.25) is 0 Å². The number of hydrogen-bond donors (Lipinski definition) is 1. The van der Waals surface area contributed by atoms with Crippen LogP contribution >= 0.6 is 34.3 Å². The van der Waals surface area contributed by atoms with Crippen LogP contribution in [0.3, 0.4) is 0 Å². The van der Waals surface area contributed by atoms with E-state index in [1.165, 1.54) is 22.7 Å². The van der Waals surface area contributed by atoms with Gasteiger partial charge in [-0.1, -0.05) is 18.5 Å². The summed E-state index contributed by atoms with van der Waals surface area (Å²) in [4.78, 5) is 16.5. The number of nitrogens with zero attached hydrogens (tertiary/aromatic N) is 1. The minimum Gasteiger partial charge on any atom is -0.477 e. The van der Waals surface area contributed by atoms with Crippen LogP contribution in [0.5, 0.6) is 0 Å². The van der Waals surface area contributed by atoms with Crippen molar-refractivity contribution in [3.05, 3.63) is 27.0 Å². The van der Waals surface area contributed by atoms with Crippen LogP contribution in [0.15, 0.2) is 12.1 Å². The highest BCUT2D eigenvalue weighted by Crippen LogP contribution is 2.35. The second kappa shape index (κ2) is 4.53. The van der Waals surface area contributed by atoms with E-state index in [1.54, 1.807) is 6.07 Å². The Bertz CT molecular complexity index is 533. The van der Waals surface area contributed by atoms with Gasteiger partial charge in [-0.15, -0.1) is 22.7 Å². The molecule has 2 aromatic rings. The van der Waals surface area contributed by atoms with Gasteiger partial charge in [-0.2, -0.15) is 0 Å². The Hall–Kier alpha value is -0.910. The molecule has 0 amide bonds. The third-order valence-corrected chi connectivity index (χ3v) is 4.50. The zero-order valence-corrected chi connectivity index (χ0v) is 10.7. The normalized spacial score (nSPS) is 10.6. The van der Waals surface area contributed by atoms with E-state index in [4.69, 9.17) is 16.7 Å². The monoisotopic (exact) mass is 273 g/mol. The van der Waals surface area contributed by atoms with E-state index in [0.29, 0.717) is 21.3 Å². The SMILES string of the molecule is CCc1nc(-c2ccc(Cl)s2)sc1C(=O)O. The standard InChI is InChI=1S/C10H8ClNO2S2/c1-2-5-8(10(13)14)16-9(12-5)6-3-4-7(11)15-6/h3-4H,2H2,1H3,(H,13,14). The fourth-order valence-corrected chi connectivity index (χ4v) is 3.38. The number of rotatable bonds is 3. The van der Waals surface area contributed by atoms with Crippen molar-refractivity contribution in [3.63, 3.8) is 0 Å². The predicted octanol–water partition coefficient (Wildman–Crippen LogP) is 3.79. The van der Waals surface area contributed by atoms with E-state index in [2.05, 4.69) is 4.98 Å². The molecule has 0 spiro atoms. The fraction of sp³-hybridized carbons (Fsp3) is 0.200. The molecule has 0 aliphatic heterocycles. The zero-order valence-electron chi connectivity index (χ0n) is 8.36. The molecule has 16 heavy (non-hydrogen) atoms. The summed E-state index contributed by atoms with van der Waals surface area (Å²) in [7, 11) is 0. The lowest BCUT2D eigenvalue weighted by Gasteiger charge is -1.89. The smallest absolute Gasteiger partial charge is 0.347 e. The van der Waals surface area contributed by atoms with Gasteiger partial charge in [0.1, 0.15) is 9.88 Å². The largest absolute Gasteiger partial charge is 0.477 e. The van der Waals surface area contributed by atoms with Crippen LogP contribution in [-0.2, 0) is 6.42 Å². The molecular weight excluding hydrogens is 266 g/mol. The summed E-state index contributed by atoms with van der Waals surface area (Å²) in [5.41, 5.74) is 0.636. The molecule has 2 rings (SSSR count). The van der Waals surface area contributed by atoms with E-state index < -0.39 is 5.97 Å². The van der Waals surface area contributed by atoms with Crippen LogP contribution in [0.2, 0.25) is 4.34 Å². The predicted molar refractivity (Wildman–Crippen MR) is 66.8 cm³/mol. The van der Waals surface area contributed by atoms with Gasteiger partial charge in [0, 0.05) is 0 Å². The number of carboxylic acid groups (broad SMARTS) is 1. The Kier molecular flexibility index (Phi) is 3.28. The molecular formula is C10H8ClNO2S2. The van der Waals surface area contributed by atoms with Gasteiger partial charge in [-0.25, -0.2) is 9.78 Å². The van der Waals surface area contributed by atoms with E-state index in [-0.39, 0.29) is 0 Å². The van der Waals surface area contributed by atoms with Crippen LogP contribution < -0.4 is 0 Å². The number of carboxylic acids is 1. The van der Waals surface area contributed by atoms with Crippen LogP contribution in [-0.4, -0.2) is 16.1 Å². The Balaban J connectivity index is 2.47. The first kappa shape index (κ1) is 11.6. The Morgan fingerprint density at radius 1 is 1.50 bits per heavy atom. The third kappa shape index (κ3) is 2.11. The number of thiophene rings is 1. The maximum absolute atomic E-state index is 11.0. The van der Waals surface area contributed by atoms with Crippen LogP contribution in [0.25, 0.3) is 9.88 Å². The molecule has 0 saturated heterocycles. The maximum Gasteiger partial charge on any atom is 0.347 e. The van der Waals surface area contributed by atoms with Crippen molar-refractivity contribution < 1.29 is 9.90 Å². The highest BCUT2D eigenvalue weighted by Gasteiger charge is 2.17. The van der Waals surface area contributed by atoms with Crippen LogP contribution in [0.4, 0.5) is 0 Å². The lowest BCUT2D eigenvalue weighted by atomic mass is 10.3. The molecule has 84 valence electrons. The highest BCUT2D eigenvalue weighted by atomic mass is 35.5. The van der Waals surface area contributed by atoms with Crippen LogP contribution in [0.1, 0.15) is 22.3 Å². The summed E-state index contributed by atoms with van der Waals surface area (Å²) in [6, 6.07) is 3.64. The third-order valence-electron chi connectivity index (χ3n) is 2.01. The first-order valence-electron chi connectivity index (χ1n) is 4.60. The molecule has 6 heteroatoms. The highest BCUT2D eigenvalue weighted by molar-refractivity contribution is 7.24. The number of halogens is 1. The summed E-state index contributed by atoms with van der Waals surface area (Å²) < 4.78 is 0.681. The number of aromatic nitrogens is 1. The Labute approximate surface area is 105 Å². The molecule has 0 aromatic carbocycles.